The third-order valence-corrected chi connectivity index (χ3v) is 6.53. The molecule has 5 rings (SSSR count). The Hall–Kier alpha value is -3.15. The van der Waals surface area contributed by atoms with Crippen LogP contribution in [0.3, 0.4) is 0 Å². The van der Waals surface area contributed by atoms with Gasteiger partial charge in [0.15, 0.2) is 0 Å². The SMILES string of the molecule is O=C(NCc1ccc(CN2CCc3ccccc32)cc1)c1cccc(CN2CCOCC2)c1. The van der Waals surface area contributed by atoms with Crippen LogP contribution < -0.4 is 10.2 Å². The molecule has 0 saturated carbocycles. The number of morpholine rings is 1. The zero-order valence-electron chi connectivity index (χ0n) is 19.0. The van der Waals surface area contributed by atoms with Gasteiger partial charge in [-0.2, -0.15) is 0 Å². The highest BCUT2D eigenvalue weighted by molar-refractivity contribution is 5.94. The van der Waals surface area contributed by atoms with E-state index in [9.17, 15) is 4.79 Å². The maximum Gasteiger partial charge on any atom is 0.251 e. The van der Waals surface area contributed by atoms with E-state index in [1.54, 1.807) is 0 Å². The van der Waals surface area contributed by atoms with Crippen LogP contribution in [-0.2, 0) is 30.8 Å². The second-order valence-electron chi connectivity index (χ2n) is 8.89. The summed E-state index contributed by atoms with van der Waals surface area (Å²) in [6.07, 6.45) is 1.12. The molecule has 0 bridgehead atoms. The van der Waals surface area contributed by atoms with Crippen molar-refractivity contribution in [3.05, 3.63) is 101 Å². The molecule has 3 aromatic rings. The van der Waals surface area contributed by atoms with Crippen molar-refractivity contribution in [3.8, 4) is 0 Å². The Kier molecular flexibility index (Phi) is 6.70. The Bertz CT molecular complexity index is 1090. The van der Waals surface area contributed by atoms with Crippen molar-refractivity contribution in [2.45, 2.75) is 26.1 Å². The molecule has 0 aromatic heterocycles. The van der Waals surface area contributed by atoms with Gasteiger partial charge in [0, 0.05) is 50.5 Å². The second-order valence-corrected chi connectivity index (χ2v) is 8.89. The number of para-hydroxylation sites is 1. The first-order chi connectivity index (χ1) is 16.2. The van der Waals surface area contributed by atoms with Crippen molar-refractivity contribution >= 4 is 11.6 Å². The number of hydrogen-bond acceptors (Lipinski definition) is 4. The molecule has 3 aromatic carbocycles. The molecule has 2 heterocycles. The van der Waals surface area contributed by atoms with Crippen molar-refractivity contribution < 1.29 is 9.53 Å². The Morgan fingerprint density at radius 2 is 1.61 bits per heavy atom. The molecule has 1 saturated heterocycles. The van der Waals surface area contributed by atoms with Crippen LogP contribution in [0.5, 0.6) is 0 Å². The largest absolute Gasteiger partial charge is 0.379 e. The predicted molar refractivity (Wildman–Crippen MR) is 131 cm³/mol. The minimum Gasteiger partial charge on any atom is -0.379 e. The second kappa shape index (κ2) is 10.2. The number of benzene rings is 3. The average Bonchev–Trinajstić information content (AvgIpc) is 3.27. The summed E-state index contributed by atoms with van der Waals surface area (Å²) in [5.74, 6) is -0.0309. The standard InChI is InChI=1S/C28H31N3O2/c32-28(26-6-3-4-24(18-26)20-30-14-16-33-17-15-30)29-19-22-8-10-23(11-9-22)21-31-13-12-25-5-1-2-7-27(25)31/h1-11,18H,12-17,19-21H2,(H,29,32). The molecule has 5 nitrogen and oxygen atoms in total. The first kappa shape index (κ1) is 21.7. The van der Waals surface area contributed by atoms with Gasteiger partial charge < -0.3 is 15.0 Å². The highest BCUT2D eigenvalue weighted by Gasteiger charge is 2.18. The Labute approximate surface area is 196 Å². The van der Waals surface area contributed by atoms with Crippen molar-refractivity contribution in [1.29, 1.82) is 0 Å². The molecule has 5 heteroatoms. The number of amides is 1. The van der Waals surface area contributed by atoms with E-state index >= 15 is 0 Å². The number of hydrogen-bond donors (Lipinski definition) is 1. The normalized spacial score (nSPS) is 15.9. The summed E-state index contributed by atoms with van der Waals surface area (Å²) >= 11 is 0. The monoisotopic (exact) mass is 441 g/mol. The third kappa shape index (κ3) is 5.44. The molecular weight excluding hydrogens is 410 g/mol. The smallest absolute Gasteiger partial charge is 0.251 e. The minimum absolute atomic E-state index is 0.0309. The van der Waals surface area contributed by atoms with Gasteiger partial charge in [-0.05, 0) is 46.9 Å². The van der Waals surface area contributed by atoms with Crippen molar-refractivity contribution in [1.82, 2.24) is 10.2 Å². The topological polar surface area (TPSA) is 44.8 Å². The van der Waals surface area contributed by atoms with Crippen LogP contribution >= 0.6 is 0 Å². The van der Waals surface area contributed by atoms with E-state index in [0.29, 0.717) is 12.1 Å². The maximum absolute atomic E-state index is 12.7. The maximum atomic E-state index is 12.7. The minimum atomic E-state index is -0.0309. The lowest BCUT2D eigenvalue weighted by molar-refractivity contribution is 0.0342. The average molecular weight is 442 g/mol. The summed E-state index contributed by atoms with van der Waals surface area (Å²) in [4.78, 5) is 17.5. The van der Waals surface area contributed by atoms with Crippen LogP contribution in [-0.4, -0.2) is 43.7 Å². The van der Waals surface area contributed by atoms with E-state index in [-0.39, 0.29) is 5.91 Å². The van der Waals surface area contributed by atoms with E-state index < -0.39 is 0 Å². The van der Waals surface area contributed by atoms with Crippen LogP contribution in [0.1, 0.15) is 32.6 Å². The highest BCUT2D eigenvalue weighted by Crippen LogP contribution is 2.28. The number of carbonyl (C=O) groups is 1. The quantitative estimate of drug-likeness (QED) is 0.602. The molecule has 0 aliphatic carbocycles. The molecule has 170 valence electrons. The van der Waals surface area contributed by atoms with Crippen LogP contribution in [0.25, 0.3) is 0 Å². The van der Waals surface area contributed by atoms with E-state index in [1.807, 2.05) is 18.2 Å². The molecule has 0 atom stereocenters. The van der Waals surface area contributed by atoms with Gasteiger partial charge in [-0.3, -0.25) is 9.69 Å². The molecule has 0 radical (unpaired) electrons. The number of nitrogens with zero attached hydrogens (tertiary/aromatic N) is 2. The molecular formula is C28H31N3O2. The van der Waals surface area contributed by atoms with E-state index in [2.05, 4.69) is 69.7 Å². The lowest BCUT2D eigenvalue weighted by Gasteiger charge is -2.26. The molecule has 33 heavy (non-hydrogen) atoms. The third-order valence-electron chi connectivity index (χ3n) is 6.53. The van der Waals surface area contributed by atoms with Gasteiger partial charge in [0.2, 0.25) is 0 Å². The Balaban J connectivity index is 1.14. The summed E-state index contributed by atoms with van der Waals surface area (Å²) in [6, 6.07) is 25.2. The zero-order chi connectivity index (χ0) is 22.5. The summed E-state index contributed by atoms with van der Waals surface area (Å²) in [5.41, 5.74) is 7.06. The number of rotatable bonds is 7. The van der Waals surface area contributed by atoms with Gasteiger partial charge in [0.1, 0.15) is 0 Å². The van der Waals surface area contributed by atoms with Crippen LogP contribution in [0, 0.1) is 0 Å². The van der Waals surface area contributed by atoms with Gasteiger partial charge in [-0.15, -0.1) is 0 Å². The molecule has 1 fully saturated rings. The molecule has 2 aliphatic rings. The zero-order valence-corrected chi connectivity index (χ0v) is 19.0. The fourth-order valence-electron chi connectivity index (χ4n) is 4.67. The molecule has 1 N–H and O–H groups in total. The van der Waals surface area contributed by atoms with Crippen LogP contribution in [0.2, 0.25) is 0 Å². The number of anilines is 1. The lowest BCUT2D eigenvalue weighted by atomic mass is 10.1. The van der Waals surface area contributed by atoms with E-state index in [0.717, 1.165) is 63.5 Å². The fourth-order valence-corrected chi connectivity index (χ4v) is 4.67. The summed E-state index contributed by atoms with van der Waals surface area (Å²) < 4.78 is 5.42. The van der Waals surface area contributed by atoms with Gasteiger partial charge >= 0.3 is 0 Å². The highest BCUT2D eigenvalue weighted by atomic mass is 16.5. The number of nitrogens with one attached hydrogen (secondary N) is 1. The number of fused-ring (bicyclic) bond motifs is 1. The Morgan fingerprint density at radius 1 is 0.818 bits per heavy atom. The number of ether oxygens (including phenoxy) is 1. The van der Waals surface area contributed by atoms with Gasteiger partial charge in [-0.25, -0.2) is 0 Å². The molecule has 0 spiro atoms. The predicted octanol–water partition coefficient (Wildman–Crippen LogP) is 4.01. The first-order valence-electron chi connectivity index (χ1n) is 11.8. The van der Waals surface area contributed by atoms with Crippen molar-refractivity contribution in [2.75, 3.05) is 37.7 Å². The van der Waals surface area contributed by atoms with E-state index in [4.69, 9.17) is 4.74 Å². The fraction of sp³-hybridized carbons (Fsp3) is 0.321. The summed E-state index contributed by atoms with van der Waals surface area (Å²) in [5, 5.41) is 3.07. The lowest BCUT2D eigenvalue weighted by Crippen LogP contribution is -2.35. The van der Waals surface area contributed by atoms with Gasteiger partial charge in [-0.1, -0.05) is 54.6 Å². The van der Waals surface area contributed by atoms with Gasteiger partial charge in [0.25, 0.3) is 5.91 Å². The van der Waals surface area contributed by atoms with Crippen molar-refractivity contribution in [2.24, 2.45) is 0 Å². The van der Waals surface area contributed by atoms with Crippen LogP contribution in [0.15, 0.2) is 72.8 Å². The van der Waals surface area contributed by atoms with E-state index in [1.165, 1.54) is 16.8 Å². The van der Waals surface area contributed by atoms with Crippen molar-refractivity contribution in [3.63, 3.8) is 0 Å². The summed E-state index contributed by atoms with van der Waals surface area (Å²) in [7, 11) is 0. The molecule has 1 amide bonds. The first-order valence-corrected chi connectivity index (χ1v) is 11.8. The summed E-state index contributed by atoms with van der Waals surface area (Å²) in [6.45, 7) is 6.82. The molecule has 2 aliphatic heterocycles. The number of carbonyl (C=O) groups excluding carboxylic acids is 1. The Morgan fingerprint density at radius 3 is 2.45 bits per heavy atom. The molecule has 0 unspecified atom stereocenters. The van der Waals surface area contributed by atoms with Crippen LogP contribution in [0.4, 0.5) is 5.69 Å². The van der Waals surface area contributed by atoms with Gasteiger partial charge in [0.05, 0.1) is 13.2 Å².